The highest BCUT2D eigenvalue weighted by molar-refractivity contribution is 5.85. The average Bonchev–Trinajstić information content (AvgIpc) is 2.84. The predicted molar refractivity (Wildman–Crippen MR) is 71.5 cm³/mol. The third kappa shape index (κ3) is 2.89. The summed E-state index contributed by atoms with van der Waals surface area (Å²) in [5, 5.41) is 11.2. The first-order valence-corrected chi connectivity index (χ1v) is 6.23. The summed E-state index contributed by atoms with van der Waals surface area (Å²) in [6, 6.07) is 1.92. The van der Waals surface area contributed by atoms with Crippen molar-refractivity contribution in [2.45, 2.75) is 34.1 Å². The van der Waals surface area contributed by atoms with Crippen molar-refractivity contribution in [2.24, 2.45) is 12.5 Å². The van der Waals surface area contributed by atoms with Gasteiger partial charge in [0.1, 0.15) is 17.3 Å². The molecule has 0 unspecified atom stereocenters. The van der Waals surface area contributed by atoms with Crippen LogP contribution in [0.1, 0.15) is 32.3 Å². The summed E-state index contributed by atoms with van der Waals surface area (Å²) in [5.41, 5.74) is 1.38. The molecular formula is C13H19N5O. The number of carbonyl (C=O) groups is 1. The first-order chi connectivity index (χ1) is 8.77. The zero-order valence-corrected chi connectivity index (χ0v) is 12.0. The minimum absolute atomic E-state index is 0.136. The van der Waals surface area contributed by atoms with Crippen LogP contribution in [-0.4, -0.2) is 30.7 Å². The SMILES string of the molecule is Cc1cc(-c2n[nH]c(CC(=O)C(C)(C)C)n2)n(C)n1. The molecule has 0 aromatic carbocycles. The molecule has 2 rings (SSSR count). The maximum atomic E-state index is 11.9. The number of aromatic amines is 1. The fourth-order valence-electron chi connectivity index (χ4n) is 1.73. The lowest BCUT2D eigenvalue weighted by Crippen LogP contribution is -2.22. The third-order valence-corrected chi connectivity index (χ3v) is 2.93. The average molecular weight is 261 g/mol. The summed E-state index contributed by atoms with van der Waals surface area (Å²) in [6.45, 7) is 7.62. The molecule has 0 radical (unpaired) electrons. The summed E-state index contributed by atoms with van der Waals surface area (Å²) in [4.78, 5) is 16.3. The van der Waals surface area contributed by atoms with Crippen LogP contribution in [0, 0.1) is 12.3 Å². The van der Waals surface area contributed by atoms with Gasteiger partial charge in [-0.2, -0.15) is 10.2 Å². The summed E-state index contributed by atoms with van der Waals surface area (Å²) in [7, 11) is 1.85. The van der Waals surface area contributed by atoms with Crippen LogP contribution >= 0.6 is 0 Å². The normalized spacial score (nSPS) is 11.8. The monoisotopic (exact) mass is 261 g/mol. The van der Waals surface area contributed by atoms with E-state index in [2.05, 4.69) is 20.3 Å². The lowest BCUT2D eigenvalue weighted by atomic mass is 9.89. The number of ketones is 1. The third-order valence-electron chi connectivity index (χ3n) is 2.93. The smallest absolute Gasteiger partial charge is 0.199 e. The van der Waals surface area contributed by atoms with Crippen LogP contribution in [-0.2, 0) is 18.3 Å². The summed E-state index contributed by atoms with van der Waals surface area (Å²) < 4.78 is 1.73. The molecule has 0 aliphatic carbocycles. The van der Waals surface area contributed by atoms with E-state index in [-0.39, 0.29) is 17.6 Å². The molecule has 6 nitrogen and oxygen atoms in total. The van der Waals surface area contributed by atoms with E-state index in [0.717, 1.165) is 11.4 Å². The number of hydrogen-bond acceptors (Lipinski definition) is 4. The Morgan fingerprint density at radius 3 is 2.63 bits per heavy atom. The van der Waals surface area contributed by atoms with Crippen molar-refractivity contribution in [3.8, 4) is 11.5 Å². The molecule has 0 saturated carbocycles. The van der Waals surface area contributed by atoms with Gasteiger partial charge in [-0.15, -0.1) is 0 Å². The number of nitrogens with one attached hydrogen (secondary N) is 1. The molecule has 0 atom stereocenters. The zero-order chi connectivity index (χ0) is 14.2. The summed E-state index contributed by atoms with van der Waals surface area (Å²) >= 11 is 0. The van der Waals surface area contributed by atoms with E-state index in [9.17, 15) is 4.79 Å². The fourth-order valence-corrected chi connectivity index (χ4v) is 1.73. The van der Waals surface area contributed by atoms with Crippen molar-refractivity contribution in [1.29, 1.82) is 0 Å². The number of aryl methyl sites for hydroxylation is 2. The van der Waals surface area contributed by atoms with Gasteiger partial charge in [0.15, 0.2) is 5.82 Å². The van der Waals surface area contributed by atoms with Gasteiger partial charge in [-0.05, 0) is 13.0 Å². The van der Waals surface area contributed by atoms with Crippen LogP contribution < -0.4 is 0 Å². The lowest BCUT2D eigenvalue weighted by molar-refractivity contribution is -0.125. The van der Waals surface area contributed by atoms with Gasteiger partial charge >= 0.3 is 0 Å². The Labute approximate surface area is 112 Å². The number of nitrogens with zero attached hydrogens (tertiary/aromatic N) is 4. The van der Waals surface area contributed by atoms with Gasteiger partial charge in [-0.25, -0.2) is 4.98 Å². The van der Waals surface area contributed by atoms with Crippen LogP contribution in [0.4, 0.5) is 0 Å². The van der Waals surface area contributed by atoms with Gasteiger partial charge in [-0.1, -0.05) is 20.8 Å². The van der Waals surface area contributed by atoms with E-state index >= 15 is 0 Å². The molecule has 6 heteroatoms. The second-order valence-electron chi connectivity index (χ2n) is 5.75. The Morgan fingerprint density at radius 2 is 2.11 bits per heavy atom. The minimum Gasteiger partial charge on any atom is -0.299 e. The number of carbonyl (C=O) groups excluding carboxylic acids is 1. The quantitative estimate of drug-likeness (QED) is 0.911. The van der Waals surface area contributed by atoms with Crippen LogP contribution in [0.15, 0.2) is 6.07 Å². The van der Waals surface area contributed by atoms with Crippen molar-refractivity contribution < 1.29 is 4.79 Å². The van der Waals surface area contributed by atoms with Crippen LogP contribution in [0.3, 0.4) is 0 Å². The first-order valence-electron chi connectivity index (χ1n) is 6.23. The molecule has 2 aromatic rings. The number of H-pyrrole nitrogens is 1. The van der Waals surface area contributed by atoms with E-state index in [0.29, 0.717) is 11.6 Å². The standard InChI is InChI=1S/C13H19N5O/c1-8-6-9(18(5)17-8)12-14-11(15-16-12)7-10(19)13(2,3)4/h6H,7H2,1-5H3,(H,14,15,16). The van der Waals surface area contributed by atoms with Crippen molar-refractivity contribution in [3.63, 3.8) is 0 Å². The lowest BCUT2D eigenvalue weighted by Gasteiger charge is -2.14. The van der Waals surface area contributed by atoms with E-state index in [1.54, 1.807) is 4.68 Å². The van der Waals surface area contributed by atoms with Crippen LogP contribution in [0.5, 0.6) is 0 Å². The Kier molecular flexibility index (Phi) is 3.26. The Bertz CT molecular complexity index is 603. The van der Waals surface area contributed by atoms with Crippen molar-refractivity contribution in [1.82, 2.24) is 25.0 Å². The van der Waals surface area contributed by atoms with E-state index < -0.39 is 0 Å². The fraction of sp³-hybridized carbons (Fsp3) is 0.538. The van der Waals surface area contributed by atoms with Crippen molar-refractivity contribution in [2.75, 3.05) is 0 Å². The molecule has 102 valence electrons. The van der Waals surface area contributed by atoms with Crippen molar-refractivity contribution in [3.05, 3.63) is 17.6 Å². The molecule has 0 aliphatic heterocycles. The molecule has 19 heavy (non-hydrogen) atoms. The Morgan fingerprint density at radius 1 is 1.42 bits per heavy atom. The zero-order valence-electron chi connectivity index (χ0n) is 12.0. The van der Waals surface area contributed by atoms with Gasteiger partial charge in [0.05, 0.1) is 12.1 Å². The van der Waals surface area contributed by atoms with Gasteiger partial charge in [-0.3, -0.25) is 14.6 Å². The molecule has 0 bridgehead atoms. The number of aromatic nitrogens is 5. The maximum absolute atomic E-state index is 11.9. The Balaban J connectivity index is 2.20. The maximum Gasteiger partial charge on any atom is 0.199 e. The number of Topliss-reactive ketones (excluding diaryl/α,β-unsaturated/α-hetero) is 1. The van der Waals surface area contributed by atoms with E-state index in [1.807, 2.05) is 40.8 Å². The highest BCUT2D eigenvalue weighted by atomic mass is 16.1. The molecule has 2 heterocycles. The second kappa shape index (κ2) is 4.60. The number of hydrogen-bond donors (Lipinski definition) is 1. The molecule has 0 aliphatic rings. The highest BCUT2D eigenvalue weighted by Crippen LogP contribution is 2.18. The van der Waals surface area contributed by atoms with Gasteiger partial charge in [0.2, 0.25) is 0 Å². The predicted octanol–water partition coefficient (Wildman–Crippen LogP) is 1.67. The summed E-state index contributed by atoms with van der Waals surface area (Å²) in [5.74, 6) is 1.30. The Hall–Kier alpha value is -1.98. The largest absolute Gasteiger partial charge is 0.299 e. The van der Waals surface area contributed by atoms with Gasteiger partial charge in [0, 0.05) is 12.5 Å². The molecule has 0 spiro atoms. The number of rotatable bonds is 3. The second-order valence-corrected chi connectivity index (χ2v) is 5.75. The minimum atomic E-state index is -0.365. The van der Waals surface area contributed by atoms with E-state index in [4.69, 9.17) is 0 Å². The molecule has 0 amide bonds. The van der Waals surface area contributed by atoms with Crippen molar-refractivity contribution >= 4 is 5.78 Å². The van der Waals surface area contributed by atoms with Gasteiger partial charge < -0.3 is 0 Å². The molecule has 0 fully saturated rings. The molecule has 0 saturated heterocycles. The first kappa shape index (κ1) is 13.5. The molecule has 2 aromatic heterocycles. The summed E-state index contributed by atoms with van der Waals surface area (Å²) in [6.07, 6.45) is 0.271. The van der Waals surface area contributed by atoms with Crippen LogP contribution in [0.2, 0.25) is 0 Å². The van der Waals surface area contributed by atoms with E-state index in [1.165, 1.54) is 0 Å². The van der Waals surface area contributed by atoms with Gasteiger partial charge in [0.25, 0.3) is 0 Å². The topological polar surface area (TPSA) is 76.5 Å². The molecule has 1 N–H and O–H groups in total. The molecular weight excluding hydrogens is 242 g/mol. The van der Waals surface area contributed by atoms with Crippen LogP contribution in [0.25, 0.3) is 11.5 Å². The highest BCUT2D eigenvalue weighted by Gasteiger charge is 2.23.